The number of fused-ring (bicyclic) bond motifs is 1. The van der Waals surface area contributed by atoms with Gasteiger partial charge in [-0.2, -0.15) is 0 Å². The zero-order valence-corrected chi connectivity index (χ0v) is 17.0. The van der Waals surface area contributed by atoms with Gasteiger partial charge >= 0.3 is 0 Å². The number of quaternary nitrogens is 1. The lowest BCUT2D eigenvalue weighted by atomic mass is 9.68. The molecule has 0 unspecified atom stereocenters. The van der Waals surface area contributed by atoms with Crippen LogP contribution >= 0.6 is 0 Å². The monoisotopic (exact) mass is 362 g/mol. The molecule has 3 rings (SSSR count). The Morgan fingerprint density at radius 1 is 1.12 bits per heavy atom. The Hall–Kier alpha value is -1.26. The van der Waals surface area contributed by atoms with Crippen molar-refractivity contribution in [1.82, 2.24) is 0 Å². The quantitative estimate of drug-likeness (QED) is 0.714. The number of hydrogen-bond acceptors (Lipinski definition) is 3. The molecule has 1 aromatic rings. The fourth-order valence-electron chi connectivity index (χ4n) is 4.48. The van der Waals surface area contributed by atoms with E-state index in [9.17, 15) is 0 Å². The van der Waals surface area contributed by atoms with Crippen LogP contribution in [0.5, 0.6) is 11.5 Å². The first-order valence-corrected chi connectivity index (χ1v) is 10.2. The molecule has 0 aliphatic carbocycles. The fourth-order valence-corrected chi connectivity index (χ4v) is 4.48. The van der Waals surface area contributed by atoms with Crippen molar-refractivity contribution in [2.75, 3.05) is 19.9 Å². The Kier molecular flexibility index (Phi) is 6.13. The highest BCUT2D eigenvalue weighted by Gasteiger charge is 2.40. The van der Waals surface area contributed by atoms with Gasteiger partial charge in [0.15, 0.2) is 11.5 Å². The largest absolute Gasteiger partial charge is 0.454 e. The molecule has 0 saturated carbocycles. The summed E-state index contributed by atoms with van der Waals surface area (Å²) in [5.74, 6) is 2.52. The third-order valence-electron chi connectivity index (χ3n) is 5.87. The minimum atomic E-state index is 0.0204. The Morgan fingerprint density at radius 2 is 1.92 bits per heavy atom. The molecule has 2 N–H and O–H groups in total. The van der Waals surface area contributed by atoms with Gasteiger partial charge in [0.2, 0.25) is 6.79 Å². The van der Waals surface area contributed by atoms with Crippen LogP contribution in [0.2, 0.25) is 0 Å². The van der Waals surface area contributed by atoms with Crippen molar-refractivity contribution in [3.05, 3.63) is 23.8 Å². The van der Waals surface area contributed by atoms with Gasteiger partial charge in [-0.3, -0.25) is 0 Å². The van der Waals surface area contributed by atoms with Crippen molar-refractivity contribution in [3.8, 4) is 11.5 Å². The van der Waals surface area contributed by atoms with E-state index < -0.39 is 0 Å². The van der Waals surface area contributed by atoms with Crippen molar-refractivity contribution in [1.29, 1.82) is 0 Å². The van der Waals surface area contributed by atoms with E-state index in [1.165, 1.54) is 44.2 Å². The summed E-state index contributed by atoms with van der Waals surface area (Å²) in [4.78, 5) is 0. The lowest BCUT2D eigenvalue weighted by molar-refractivity contribution is -0.672. The van der Waals surface area contributed by atoms with E-state index in [-0.39, 0.29) is 5.60 Å². The predicted molar refractivity (Wildman–Crippen MR) is 103 cm³/mol. The normalized spacial score (nSPS) is 24.2. The Labute approximate surface area is 158 Å². The molecular weight excluding hydrogens is 326 g/mol. The first-order valence-electron chi connectivity index (χ1n) is 10.2. The molecule has 2 aliphatic rings. The number of nitrogens with two attached hydrogens (primary N) is 1. The van der Waals surface area contributed by atoms with E-state index in [0.717, 1.165) is 30.6 Å². The van der Waals surface area contributed by atoms with Crippen LogP contribution in [0, 0.1) is 11.3 Å². The number of benzene rings is 1. The molecule has 0 amide bonds. The standard InChI is InChI=1S/C22H35NO3/c1-17(2)7-8-22(10-12-26-21(3,4)15-22)9-11-23-14-18-5-6-19-20(13-18)25-16-24-19/h5-6,13,17,23H,7-12,14-16H2,1-4H3/p+1/t22-/m0/s1. The van der Waals surface area contributed by atoms with Gasteiger partial charge in [0.05, 0.1) is 12.1 Å². The fraction of sp³-hybridized carbons (Fsp3) is 0.727. The van der Waals surface area contributed by atoms with Crippen molar-refractivity contribution < 1.29 is 19.5 Å². The average Bonchev–Trinajstić information content (AvgIpc) is 3.04. The maximum atomic E-state index is 6.01. The highest BCUT2D eigenvalue weighted by molar-refractivity contribution is 5.44. The summed E-state index contributed by atoms with van der Waals surface area (Å²) in [5.41, 5.74) is 1.77. The molecule has 1 atom stereocenters. The van der Waals surface area contributed by atoms with Crippen LogP contribution in [0.3, 0.4) is 0 Å². The van der Waals surface area contributed by atoms with E-state index in [0.29, 0.717) is 12.2 Å². The van der Waals surface area contributed by atoms with Gasteiger partial charge in [-0.25, -0.2) is 0 Å². The van der Waals surface area contributed by atoms with Gasteiger partial charge in [0.1, 0.15) is 6.54 Å². The van der Waals surface area contributed by atoms with Crippen molar-refractivity contribution >= 4 is 0 Å². The van der Waals surface area contributed by atoms with Gasteiger partial charge in [-0.15, -0.1) is 0 Å². The van der Waals surface area contributed by atoms with Gasteiger partial charge in [0, 0.05) is 18.6 Å². The van der Waals surface area contributed by atoms with Gasteiger partial charge in [-0.1, -0.05) is 20.3 Å². The Bertz CT molecular complexity index is 599. The summed E-state index contributed by atoms with van der Waals surface area (Å²) in [6.45, 7) is 12.6. The van der Waals surface area contributed by atoms with Crippen molar-refractivity contribution in [2.45, 2.75) is 71.9 Å². The molecule has 1 aromatic carbocycles. The minimum absolute atomic E-state index is 0.0204. The zero-order valence-electron chi connectivity index (χ0n) is 17.0. The molecule has 2 aliphatic heterocycles. The van der Waals surface area contributed by atoms with E-state index in [4.69, 9.17) is 14.2 Å². The molecule has 0 spiro atoms. The van der Waals surface area contributed by atoms with Gasteiger partial charge in [0.25, 0.3) is 0 Å². The highest BCUT2D eigenvalue weighted by Crippen LogP contribution is 2.45. The molecule has 0 bridgehead atoms. The van der Waals surface area contributed by atoms with Crippen LogP contribution in [0.25, 0.3) is 0 Å². The maximum absolute atomic E-state index is 6.01. The molecule has 146 valence electrons. The first kappa shape index (κ1) is 19.5. The Balaban J connectivity index is 1.52. The highest BCUT2D eigenvalue weighted by atomic mass is 16.7. The number of ether oxygens (including phenoxy) is 3. The third-order valence-corrected chi connectivity index (χ3v) is 5.87. The summed E-state index contributed by atoms with van der Waals surface area (Å²) >= 11 is 0. The Morgan fingerprint density at radius 3 is 2.69 bits per heavy atom. The van der Waals surface area contributed by atoms with Crippen LogP contribution < -0.4 is 14.8 Å². The lowest BCUT2D eigenvalue weighted by Gasteiger charge is -2.45. The van der Waals surface area contributed by atoms with Crippen LogP contribution in [-0.2, 0) is 11.3 Å². The summed E-state index contributed by atoms with van der Waals surface area (Å²) in [5, 5.41) is 2.44. The molecule has 1 saturated heterocycles. The molecule has 2 heterocycles. The molecule has 4 nitrogen and oxygen atoms in total. The van der Waals surface area contributed by atoms with Gasteiger partial charge < -0.3 is 19.5 Å². The zero-order chi connectivity index (χ0) is 18.6. The predicted octanol–water partition coefficient (Wildman–Crippen LogP) is 3.88. The maximum Gasteiger partial charge on any atom is 0.231 e. The van der Waals surface area contributed by atoms with E-state index in [1.54, 1.807) is 0 Å². The van der Waals surface area contributed by atoms with Crippen LogP contribution in [0.1, 0.15) is 65.4 Å². The minimum Gasteiger partial charge on any atom is -0.454 e. The van der Waals surface area contributed by atoms with Crippen LogP contribution in [0.4, 0.5) is 0 Å². The first-order chi connectivity index (χ1) is 12.4. The smallest absolute Gasteiger partial charge is 0.231 e. The number of rotatable bonds is 8. The molecule has 26 heavy (non-hydrogen) atoms. The number of hydrogen-bond donors (Lipinski definition) is 1. The summed E-state index contributed by atoms with van der Waals surface area (Å²) in [6, 6.07) is 6.29. The van der Waals surface area contributed by atoms with Crippen LogP contribution in [0.15, 0.2) is 18.2 Å². The van der Waals surface area contributed by atoms with Crippen molar-refractivity contribution in [3.63, 3.8) is 0 Å². The molecule has 0 aromatic heterocycles. The molecule has 0 radical (unpaired) electrons. The molecular formula is C22H36NO3+. The van der Waals surface area contributed by atoms with Crippen LogP contribution in [-0.4, -0.2) is 25.5 Å². The summed E-state index contributed by atoms with van der Waals surface area (Å²) in [7, 11) is 0. The second kappa shape index (κ2) is 8.18. The van der Waals surface area contributed by atoms with Gasteiger partial charge in [-0.05, 0) is 62.6 Å². The molecule has 1 fully saturated rings. The lowest BCUT2D eigenvalue weighted by Crippen LogP contribution is -2.83. The SMILES string of the molecule is CC(C)CC[C@]1(CC[NH2+]Cc2ccc3c(c2)OCO3)CCOC(C)(C)C1. The van der Waals surface area contributed by atoms with Crippen molar-refractivity contribution in [2.24, 2.45) is 11.3 Å². The second-order valence-electron chi connectivity index (χ2n) is 9.19. The molecule has 4 heteroatoms. The van der Waals surface area contributed by atoms with E-state index >= 15 is 0 Å². The van der Waals surface area contributed by atoms with E-state index in [2.05, 4.69) is 45.1 Å². The van der Waals surface area contributed by atoms with E-state index in [1.807, 2.05) is 6.07 Å². The summed E-state index contributed by atoms with van der Waals surface area (Å²) < 4.78 is 16.9. The summed E-state index contributed by atoms with van der Waals surface area (Å²) in [6.07, 6.45) is 6.32. The topological polar surface area (TPSA) is 44.3 Å². The average molecular weight is 363 g/mol. The second-order valence-corrected chi connectivity index (χ2v) is 9.19. The third kappa shape index (κ3) is 5.14.